The van der Waals surface area contributed by atoms with Crippen LogP contribution in [-0.2, 0) is 19.5 Å². The summed E-state index contributed by atoms with van der Waals surface area (Å²) < 4.78 is 42.6. The topological polar surface area (TPSA) is 73.9 Å². The van der Waals surface area contributed by atoms with Crippen molar-refractivity contribution in [2.24, 2.45) is 0 Å². The van der Waals surface area contributed by atoms with Crippen LogP contribution in [0.4, 0.5) is 0 Å². The Kier molecular flexibility index (Phi) is 6.63. The number of sulfonamides is 1. The second-order valence-corrected chi connectivity index (χ2v) is 6.90. The van der Waals surface area contributed by atoms with Crippen LogP contribution in [0.3, 0.4) is 0 Å². The predicted octanol–water partition coefficient (Wildman–Crippen LogP) is 1.56. The minimum atomic E-state index is -3.47. The molecule has 1 heterocycles. The van der Waals surface area contributed by atoms with E-state index in [9.17, 15) is 8.42 Å². The van der Waals surface area contributed by atoms with Crippen LogP contribution in [0.1, 0.15) is 19.3 Å². The second-order valence-electron chi connectivity index (χ2n) is 5.14. The normalized spacial score (nSPS) is 18.5. The van der Waals surface area contributed by atoms with Crippen molar-refractivity contribution in [3.8, 4) is 5.75 Å². The van der Waals surface area contributed by atoms with Crippen molar-refractivity contribution in [3.63, 3.8) is 0 Å². The van der Waals surface area contributed by atoms with E-state index < -0.39 is 10.0 Å². The van der Waals surface area contributed by atoms with Gasteiger partial charge >= 0.3 is 0 Å². The Morgan fingerprint density at radius 1 is 1.32 bits per heavy atom. The highest BCUT2D eigenvalue weighted by atomic mass is 32.2. The number of hydrogen-bond donors (Lipinski definition) is 1. The van der Waals surface area contributed by atoms with E-state index in [1.165, 1.54) is 12.1 Å². The summed E-state index contributed by atoms with van der Waals surface area (Å²) >= 11 is 0. The monoisotopic (exact) mass is 329 g/mol. The van der Waals surface area contributed by atoms with E-state index in [1.807, 2.05) is 0 Å². The second kappa shape index (κ2) is 8.47. The molecule has 1 fully saturated rings. The van der Waals surface area contributed by atoms with Crippen molar-refractivity contribution in [1.82, 2.24) is 4.72 Å². The van der Waals surface area contributed by atoms with Gasteiger partial charge in [0, 0.05) is 19.8 Å². The number of benzene rings is 1. The third-order valence-electron chi connectivity index (χ3n) is 3.46. The van der Waals surface area contributed by atoms with Gasteiger partial charge in [0.2, 0.25) is 10.0 Å². The van der Waals surface area contributed by atoms with Crippen LogP contribution >= 0.6 is 0 Å². The van der Waals surface area contributed by atoms with Gasteiger partial charge in [0.15, 0.2) is 0 Å². The smallest absolute Gasteiger partial charge is 0.240 e. The van der Waals surface area contributed by atoms with Gasteiger partial charge in [-0.2, -0.15) is 0 Å². The van der Waals surface area contributed by atoms with E-state index in [1.54, 1.807) is 19.2 Å². The summed E-state index contributed by atoms with van der Waals surface area (Å²) in [6, 6.07) is 6.29. The SMILES string of the molecule is COc1ccc(S(=O)(=O)NCCCOC[C@@H]2CCCO2)cc1. The molecule has 1 N–H and O–H groups in total. The fourth-order valence-electron chi connectivity index (χ4n) is 2.21. The molecule has 0 aliphatic carbocycles. The highest BCUT2D eigenvalue weighted by molar-refractivity contribution is 7.89. The fourth-order valence-corrected chi connectivity index (χ4v) is 3.28. The highest BCUT2D eigenvalue weighted by Crippen LogP contribution is 2.15. The Hall–Kier alpha value is -1.15. The number of hydrogen-bond acceptors (Lipinski definition) is 5. The third kappa shape index (κ3) is 5.24. The molecule has 124 valence electrons. The lowest BCUT2D eigenvalue weighted by Crippen LogP contribution is -2.26. The molecule has 1 atom stereocenters. The lowest BCUT2D eigenvalue weighted by Gasteiger charge is -2.10. The minimum Gasteiger partial charge on any atom is -0.497 e. The minimum absolute atomic E-state index is 0.205. The zero-order chi connectivity index (χ0) is 15.8. The van der Waals surface area contributed by atoms with Crippen molar-refractivity contribution >= 4 is 10.0 Å². The van der Waals surface area contributed by atoms with E-state index in [0.29, 0.717) is 31.9 Å². The van der Waals surface area contributed by atoms with E-state index in [0.717, 1.165) is 19.4 Å². The van der Waals surface area contributed by atoms with E-state index >= 15 is 0 Å². The van der Waals surface area contributed by atoms with Crippen molar-refractivity contribution in [2.75, 3.05) is 33.5 Å². The summed E-state index contributed by atoms with van der Waals surface area (Å²) in [5.41, 5.74) is 0. The van der Waals surface area contributed by atoms with Crippen molar-refractivity contribution in [2.45, 2.75) is 30.3 Å². The Morgan fingerprint density at radius 3 is 2.73 bits per heavy atom. The maximum absolute atomic E-state index is 12.1. The molecule has 1 aliphatic rings. The molecule has 0 bridgehead atoms. The molecular formula is C15H23NO5S. The quantitative estimate of drug-likeness (QED) is 0.696. The van der Waals surface area contributed by atoms with Gasteiger partial charge in [-0.1, -0.05) is 0 Å². The third-order valence-corrected chi connectivity index (χ3v) is 4.93. The van der Waals surface area contributed by atoms with Crippen LogP contribution in [0, 0.1) is 0 Å². The average Bonchev–Trinajstić information content (AvgIpc) is 3.04. The summed E-state index contributed by atoms with van der Waals surface area (Å²) in [6.45, 7) is 2.27. The first-order valence-electron chi connectivity index (χ1n) is 7.45. The van der Waals surface area contributed by atoms with Gasteiger partial charge < -0.3 is 14.2 Å². The molecule has 22 heavy (non-hydrogen) atoms. The molecule has 6 nitrogen and oxygen atoms in total. The van der Waals surface area contributed by atoms with Gasteiger partial charge in [-0.05, 0) is 43.5 Å². The van der Waals surface area contributed by atoms with Crippen LogP contribution in [0.25, 0.3) is 0 Å². The van der Waals surface area contributed by atoms with Crippen LogP contribution in [0.15, 0.2) is 29.2 Å². The lowest BCUT2D eigenvalue weighted by molar-refractivity contribution is 0.0169. The van der Waals surface area contributed by atoms with Crippen molar-refractivity contribution in [1.29, 1.82) is 0 Å². The number of ether oxygens (including phenoxy) is 3. The highest BCUT2D eigenvalue weighted by Gasteiger charge is 2.15. The van der Waals surface area contributed by atoms with E-state index in [4.69, 9.17) is 14.2 Å². The maximum atomic E-state index is 12.1. The van der Waals surface area contributed by atoms with Gasteiger partial charge in [-0.3, -0.25) is 0 Å². The summed E-state index contributed by atoms with van der Waals surface area (Å²) in [4.78, 5) is 0.230. The molecule has 1 aromatic carbocycles. The number of nitrogens with one attached hydrogen (secondary N) is 1. The standard InChI is InChI=1S/C15H23NO5S/c1-19-13-5-7-15(8-6-13)22(17,18)16-9-3-10-20-12-14-4-2-11-21-14/h5-8,14,16H,2-4,9-12H2,1H3/t14-/m0/s1. The molecule has 2 rings (SSSR count). The molecule has 1 aromatic rings. The van der Waals surface area contributed by atoms with Crippen LogP contribution < -0.4 is 9.46 Å². The molecule has 1 aliphatic heterocycles. The molecule has 0 radical (unpaired) electrons. The van der Waals surface area contributed by atoms with Crippen LogP contribution in [-0.4, -0.2) is 48.0 Å². The fraction of sp³-hybridized carbons (Fsp3) is 0.600. The summed E-state index contributed by atoms with van der Waals surface area (Å²) in [6.07, 6.45) is 2.97. The molecule has 0 amide bonds. The molecule has 0 spiro atoms. The lowest BCUT2D eigenvalue weighted by atomic mass is 10.2. The van der Waals surface area contributed by atoms with Crippen LogP contribution in [0.2, 0.25) is 0 Å². The number of rotatable bonds is 9. The van der Waals surface area contributed by atoms with Gasteiger partial charge in [-0.25, -0.2) is 13.1 Å². The largest absolute Gasteiger partial charge is 0.497 e. The summed E-state index contributed by atoms with van der Waals surface area (Å²) in [5, 5.41) is 0. The average molecular weight is 329 g/mol. The van der Waals surface area contributed by atoms with Crippen molar-refractivity contribution < 1.29 is 22.6 Å². The molecule has 0 saturated carbocycles. The van der Waals surface area contributed by atoms with Gasteiger partial charge in [0.25, 0.3) is 0 Å². The van der Waals surface area contributed by atoms with E-state index in [2.05, 4.69) is 4.72 Å². The summed E-state index contributed by atoms with van der Waals surface area (Å²) in [7, 11) is -1.93. The molecular weight excluding hydrogens is 306 g/mol. The molecule has 0 unspecified atom stereocenters. The summed E-state index contributed by atoms with van der Waals surface area (Å²) in [5.74, 6) is 0.626. The number of methoxy groups -OCH3 is 1. The van der Waals surface area contributed by atoms with Crippen LogP contribution in [0.5, 0.6) is 5.75 Å². The Labute approximate surface area is 131 Å². The van der Waals surface area contributed by atoms with E-state index in [-0.39, 0.29) is 11.0 Å². The zero-order valence-electron chi connectivity index (χ0n) is 12.8. The van der Waals surface area contributed by atoms with Gasteiger partial charge in [-0.15, -0.1) is 0 Å². The van der Waals surface area contributed by atoms with Gasteiger partial charge in [0.1, 0.15) is 5.75 Å². The predicted molar refractivity (Wildman–Crippen MR) is 82.6 cm³/mol. The Bertz CT molecular complexity index is 538. The maximum Gasteiger partial charge on any atom is 0.240 e. The molecule has 1 saturated heterocycles. The molecule has 0 aromatic heterocycles. The Balaban J connectivity index is 1.66. The zero-order valence-corrected chi connectivity index (χ0v) is 13.6. The first kappa shape index (κ1) is 17.2. The Morgan fingerprint density at radius 2 is 2.09 bits per heavy atom. The van der Waals surface area contributed by atoms with Gasteiger partial charge in [0.05, 0.1) is 24.7 Å². The first-order valence-corrected chi connectivity index (χ1v) is 8.93. The van der Waals surface area contributed by atoms with Crippen molar-refractivity contribution in [3.05, 3.63) is 24.3 Å². The first-order chi connectivity index (χ1) is 10.6. The molecule has 7 heteroatoms.